The van der Waals surface area contributed by atoms with Gasteiger partial charge in [-0.3, -0.25) is 9.71 Å². The summed E-state index contributed by atoms with van der Waals surface area (Å²) < 4.78 is 34.0. The number of aromatic nitrogens is 2. The molecule has 0 amide bonds. The van der Waals surface area contributed by atoms with Gasteiger partial charge in [-0.25, -0.2) is 8.42 Å². The highest BCUT2D eigenvalue weighted by molar-refractivity contribution is 7.92. The van der Waals surface area contributed by atoms with Crippen molar-refractivity contribution in [3.05, 3.63) is 101 Å². The van der Waals surface area contributed by atoms with Crippen molar-refractivity contribution >= 4 is 50.3 Å². The molecule has 202 valence electrons. The Kier molecular flexibility index (Phi) is 7.28. The molecule has 4 aromatic rings. The van der Waals surface area contributed by atoms with E-state index in [1.165, 1.54) is 7.11 Å². The molecule has 39 heavy (non-hydrogen) atoms. The molecule has 8 nitrogen and oxygen atoms in total. The fourth-order valence-electron chi connectivity index (χ4n) is 5.14. The van der Waals surface area contributed by atoms with Crippen LogP contribution in [0.15, 0.2) is 72.9 Å². The van der Waals surface area contributed by atoms with Gasteiger partial charge in [-0.1, -0.05) is 17.7 Å². The van der Waals surface area contributed by atoms with Gasteiger partial charge in [0, 0.05) is 40.0 Å². The number of sulfonamides is 1. The van der Waals surface area contributed by atoms with Crippen molar-refractivity contribution in [1.29, 1.82) is 0 Å². The zero-order valence-electron chi connectivity index (χ0n) is 21.8. The number of halogens is 1. The van der Waals surface area contributed by atoms with Crippen LogP contribution in [-0.2, 0) is 10.0 Å². The Bertz CT molecular complexity index is 1640. The molecule has 2 N–H and O–H groups in total. The first-order valence-electron chi connectivity index (χ1n) is 12.2. The maximum atomic E-state index is 11.9. The van der Waals surface area contributed by atoms with Crippen LogP contribution < -0.4 is 19.7 Å². The number of hydrogen-bond acceptors (Lipinski definition) is 5. The number of benzene rings is 2. The highest BCUT2D eigenvalue weighted by atomic mass is 35.5. The van der Waals surface area contributed by atoms with Gasteiger partial charge in [0.25, 0.3) is 0 Å². The monoisotopic (exact) mass is 581 g/mol. The van der Waals surface area contributed by atoms with Gasteiger partial charge in [0.2, 0.25) is 10.0 Å². The number of ether oxygens (including phenoxy) is 1. The lowest BCUT2D eigenvalue weighted by molar-refractivity contribution is 0.417. The fourth-order valence-corrected chi connectivity index (χ4v) is 6.18. The molecule has 2 atom stereocenters. The first kappa shape index (κ1) is 27.0. The number of rotatable bonds is 7. The fraction of sp³-hybridized carbons (Fsp3) is 0.214. The predicted octanol–water partition coefficient (Wildman–Crippen LogP) is 5.70. The van der Waals surface area contributed by atoms with E-state index in [-0.39, 0.29) is 12.1 Å². The Balaban J connectivity index is 1.66. The molecule has 0 unspecified atom stereocenters. The van der Waals surface area contributed by atoms with Crippen LogP contribution in [0.4, 0.5) is 11.4 Å². The summed E-state index contributed by atoms with van der Waals surface area (Å²) in [5.74, 6) is 0.382. The van der Waals surface area contributed by atoms with E-state index < -0.39 is 10.0 Å². The molecule has 1 saturated heterocycles. The van der Waals surface area contributed by atoms with Crippen molar-refractivity contribution in [3.8, 4) is 11.4 Å². The number of nitrogens with zero attached hydrogens (tertiary/aromatic N) is 3. The van der Waals surface area contributed by atoms with Crippen molar-refractivity contribution < 1.29 is 13.2 Å². The molecule has 2 aromatic heterocycles. The zero-order valence-corrected chi connectivity index (χ0v) is 24.2. The van der Waals surface area contributed by atoms with Crippen molar-refractivity contribution in [2.24, 2.45) is 0 Å². The number of pyridine rings is 1. The summed E-state index contributed by atoms with van der Waals surface area (Å²) in [4.78, 5) is 6.68. The van der Waals surface area contributed by atoms with Crippen LogP contribution in [0.2, 0.25) is 5.02 Å². The molecule has 1 aliphatic rings. The molecule has 0 bridgehead atoms. The first-order chi connectivity index (χ1) is 18.6. The minimum Gasteiger partial charge on any atom is -0.494 e. The maximum Gasteiger partial charge on any atom is 0.229 e. The summed E-state index contributed by atoms with van der Waals surface area (Å²) in [5.41, 5.74) is 6.15. The van der Waals surface area contributed by atoms with Crippen LogP contribution in [-0.4, -0.2) is 36.4 Å². The minimum absolute atomic E-state index is 0.238. The normalized spacial score (nSPS) is 17.3. The minimum atomic E-state index is -3.49. The summed E-state index contributed by atoms with van der Waals surface area (Å²) in [5, 5.41) is 4.68. The van der Waals surface area contributed by atoms with Crippen molar-refractivity contribution in [1.82, 2.24) is 14.9 Å². The highest BCUT2D eigenvalue weighted by Crippen LogP contribution is 2.45. The molecule has 1 fully saturated rings. The molecule has 5 rings (SSSR count). The topological polar surface area (TPSA) is 88.5 Å². The Morgan fingerprint density at radius 3 is 2.41 bits per heavy atom. The molecule has 0 aliphatic carbocycles. The Morgan fingerprint density at radius 2 is 1.77 bits per heavy atom. The van der Waals surface area contributed by atoms with Gasteiger partial charge in [0.05, 0.1) is 36.8 Å². The number of methoxy groups -OCH3 is 1. The van der Waals surface area contributed by atoms with E-state index in [0.29, 0.717) is 21.6 Å². The maximum absolute atomic E-state index is 11.9. The first-order valence-corrected chi connectivity index (χ1v) is 14.9. The van der Waals surface area contributed by atoms with Crippen LogP contribution in [0, 0.1) is 13.8 Å². The smallest absolute Gasteiger partial charge is 0.229 e. The quantitative estimate of drug-likeness (QED) is 0.271. The summed E-state index contributed by atoms with van der Waals surface area (Å²) >= 11 is 12.0. The average Bonchev–Trinajstić information content (AvgIpc) is 3.39. The lowest BCUT2D eigenvalue weighted by Crippen LogP contribution is -2.29. The number of aryl methyl sites for hydroxylation is 1. The second-order valence-electron chi connectivity index (χ2n) is 9.39. The zero-order chi connectivity index (χ0) is 27.9. The number of anilines is 2. The van der Waals surface area contributed by atoms with Gasteiger partial charge in [-0.05, 0) is 86.2 Å². The van der Waals surface area contributed by atoms with Crippen LogP contribution in [0.25, 0.3) is 5.69 Å². The van der Waals surface area contributed by atoms with Gasteiger partial charge in [0.15, 0.2) is 5.11 Å². The van der Waals surface area contributed by atoms with Gasteiger partial charge in [0.1, 0.15) is 5.75 Å². The summed E-state index contributed by atoms with van der Waals surface area (Å²) in [6.07, 6.45) is 2.87. The van der Waals surface area contributed by atoms with Gasteiger partial charge in [-0.2, -0.15) is 0 Å². The van der Waals surface area contributed by atoms with Crippen molar-refractivity contribution in [2.45, 2.75) is 25.9 Å². The van der Waals surface area contributed by atoms with E-state index in [1.807, 2.05) is 53.4 Å². The van der Waals surface area contributed by atoms with E-state index in [2.05, 4.69) is 39.5 Å². The molecule has 11 heteroatoms. The van der Waals surface area contributed by atoms with Crippen molar-refractivity contribution in [2.75, 3.05) is 23.0 Å². The third-order valence-corrected chi connectivity index (χ3v) is 7.89. The van der Waals surface area contributed by atoms with E-state index >= 15 is 0 Å². The molecular weight excluding hydrogens is 554 g/mol. The van der Waals surface area contributed by atoms with Crippen LogP contribution in [0.3, 0.4) is 0 Å². The average molecular weight is 582 g/mol. The molecule has 0 saturated carbocycles. The van der Waals surface area contributed by atoms with Gasteiger partial charge < -0.3 is 19.5 Å². The summed E-state index contributed by atoms with van der Waals surface area (Å²) in [7, 11) is -1.99. The van der Waals surface area contributed by atoms with E-state index in [1.54, 1.807) is 18.3 Å². The van der Waals surface area contributed by atoms with Crippen LogP contribution in [0.1, 0.15) is 34.7 Å². The molecule has 0 radical (unpaired) electrons. The third-order valence-electron chi connectivity index (χ3n) is 6.73. The Morgan fingerprint density at radius 1 is 1.05 bits per heavy atom. The number of hydrogen-bond donors (Lipinski definition) is 2. The largest absolute Gasteiger partial charge is 0.494 e. The van der Waals surface area contributed by atoms with Crippen molar-refractivity contribution in [3.63, 3.8) is 0 Å². The van der Waals surface area contributed by atoms with Gasteiger partial charge in [-0.15, -0.1) is 0 Å². The molecular formula is C28H28ClN5O3S2. The second kappa shape index (κ2) is 10.5. The molecule has 1 aliphatic heterocycles. The van der Waals surface area contributed by atoms with Crippen LogP contribution >= 0.6 is 23.8 Å². The van der Waals surface area contributed by atoms with Gasteiger partial charge >= 0.3 is 0 Å². The van der Waals surface area contributed by atoms with E-state index in [4.69, 9.17) is 28.6 Å². The highest BCUT2D eigenvalue weighted by Gasteiger charge is 2.42. The Labute approximate surface area is 238 Å². The second-order valence-corrected chi connectivity index (χ2v) is 12.0. The number of nitrogens with one attached hydrogen (secondary N) is 2. The lowest BCUT2D eigenvalue weighted by atomic mass is 9.96. The molecule has 2 aromatic carbocycles. The summed E-state index contributed by atoms with van der Waals surface area (Å²) in [6, 6.07) is 20.5. The SMILES string of the molecule is COc1cc(N2C(=S)N[C@@H](c3ccccn3)[C@@H]2c2cc(C)n(-c3ccc(Cl)cc3)c2C)ccc1NS(C)(=O)=O. The predicted molar refractivity (Wildman–Crippen MR) is 160 cm³/mol. The summed E-state index contributed by atoms with van der Waals surface area (Å²) in [6.45, 7) is 4.16. The number of thiocarbonyl (C=S) groups is 1. The van der Waals surface area contributed by atoms with E-state index in [0.717, 1.165) is 40.3 Å². The standard InChI is InChI=1S/C28H28ClN5O3S2/c1-17-15-22(18(2)33(17)20-10-8-19(29)9-11-20)27-26(24-7-5-6-14-30-24)31-28(38)34(27)21-12-13-23(25(16-21)37-3)32-39(4,35)36/h5-16,26-27,32H,1-4H3,(H,31,38)/t26-,27-/m0/s1. The lowest BCUT2D eigenvalue weighted by Gasteiger charge is -2.29. The third kappa shape index (κ3) is 5.32. The van der Waals surface area contributed by atoms with Crippen LogP contribution in [0.5, 0.6) is 5.75 Å². The molecule has 0 spiro atoms. The Hall–Kier alpha value is -3.60. The van der Waals surface area contributed by atoms with E-state index in [9.17, 15) is 8.42 Å². The molecule has 3 heterocycles.